The van der Waals surface area contributed by atoms with Crippen LogP contribution in [0.3, 0.4) is 0 Å². The Morgan fingerprint density at radius 2 is 1.89 bits per heavy atom. The lowest BCUT2D eigenvalue weighted by Crippen LogP contribution is -1.97. The molecule has 0 aromatic carbocycles. The van der Waals surface area contributed by atoms with Gasteiger partial charge in [-0.05, 0) is 12.9 Å². The van der Waals surface area contributed by atoms with Gasteiger partial charge in [-0.15, -0.1) is 0 Å². The van der Waals surface area contributed by atoms with Crippen LogP contribution < -0.4 is 0 Å². The molecular formula is H3O6PS2. The van der Waals surface area contributed by atoms with Gasteiger partial charge in [-0.2, -0.15) is 8.42 Å². The summed E-state index contributed by atoms with van der Waals surface area (Å²) in [5.74, 6) is 0. The molecule has 0 saturated heterocycles. The van der Waals surface area contributed by atoms with E-state index in [9.17, 15) is 13.0 Å². The van der Waals surface area contributed by atoms with Crippen LogP contribution in [-0.2, 0) is 18.3 Å². The topological polar surface area (TPSA) is 101 Å². The zero-order valence-corrected chi connectivity index (χ0v) is 6.44. The second-order valence-electron chi connectivity index (χ2n) is 0.998. The van der Waals surface area contributed by atoms with Crippen molar-refractivity contribution >= 4 is 29.4 Å². The lowest BCUT2D eigenvalue weighted by atomic mass is 15.8. The minimum Gasteiger partial charge on any atom is -0.311 e. The Kier molecular flexibility index (Phi) is 2.68. The van der Waals surface area contributed by atoms with Crippen molar-refractivity contribution in [2.24, 2.45) is 0 Å². The van der Waals surface area contributed by atoms with Crippen LogP contribution in [0.25, 0.3) is 0 Å². The maximum atomic E-state index is 10.0. The van der Waals surface area contributed by atoms with Crippen LogP contribution in [0, 0.1) is 0 Å². The zero-order valence-electron chi connectivity index (χ0n) is 3.83. The van der Waals surface area contributed by atoms with Crippen molar-refractivity contribution in [1.82, 2.24) is 0 Å². The van der Waals surface area contributed by atoms with Crippen molar-refractivity contribution in [3.63, 3.8) is 0 Å². The van der Waals surface area contributed by atoms with E-state index in [0.717, 1.165) is 0 Å². The summed E-state index contributed by atoms with van der Waals surface area (Å²) < 4.78 is 40.6. The number of thiol groups is 1. The largest absolute Gasteiger partial charge is 0.479 e. The van der Waals surface area contributed by atoms with Crippen molar-refractivity contribution in [2.75, 3.05) is 0 Å². The fourth-order valence-corrected chi connectivity index (χ4v) is 1.14. The molecular weight excluding hydrogens is 191 g/mol. The molecule has 0 fully saturated rings. The third kappa shape index (κ3) is 2.24. The lowest BCUT2D eigenvalue weighted by Gasteiger charge is -2.00. The summed E-state index contributed by atoms with van der Waals surface area (Å²) in [6.45, 7) is -4.97. The molecule has 0 aromatic heterocycles. The van der Waals surface area contributed by atoms with Gasteiger partial charge in [0.2, 0.25) is 0 Å². The summed E-state index contributed by atoms with van der Waals surface area (Å²) in [6, 6.07) is 0. The van der Waals surface area contributed by atoms with Gasteiger partial charge in [0.15, 0.2) is 0 Å². The summed E-state index contributed by atoms with van der Waals surface area (Å²) >= 11 is 2.74. The van der Waals surface area contributed by atoms with Crippen molar-refractivity contribution in [3.8, 4) is 0 Å². The van der Waals surface area contributed by atoms with Crippen LogP contribution >= 0.6 is 19.7 Å². The highest BCUT2D eigenvalue weighted by molar-refractivity contribution is 8.47. The Labute approximate surface area is 56.5 Å². The van der Waals surface area contributed by atoms with Gasteiger partial charge < -0.3 is 4.89 Å². The Balaban J connectivity index is 4.80. The zero-order chi connectivity index (χ0) is 7.71. The monoisotopic (exact) mass is 194 g/mol. The van der Waals surface area contributed by atoms with Crippen LogP contribution in [0.15, 0.2) is 0 Å². The fraction of sp³-hybridized carbons (Fsp3) is 0. The Morgan fingerprint density at radius 3 is 1.89 bits per heavy atom. The Bertz CT molecular complexity index is 223. The summed E-state index contributed by atoms with van der Waals surface area (Å²) in [6.07, 6.45) is 0. The van der Waals surface area contributed by atoms with Crippen molar-refractivity contribution in [1.29, 1.82) is 0 Å². The molecule has 0 amide bonds. The molecule has 6 nitrogen and oxygen atoms in total. The van der Waals surface area contributed by atoms with Gasteiger partial charge in [0.1, 0.15) is 0 Å². The normalized spacial score (nSPS) is 19.0. The second kappa shape index (κ2) is 2.57. The number of hydrogen-bond acceptors (Lipinski definition) is 5. The van der Waals surface area contributed by atoms with Gasteiger partial charge in [-0.3, -0.25) is 4.55 Å². The molecule has 9 heavy (non-hydrogen) atoms. The van der Waals surface area contributed by atoms with Crippen molar-refractivity contribution < 1.29 is 26.4 Å². The molecule has 2 N–H and O–H groups in total. The highest BCUT2D eigenvalue weighted by atomic mass is 32.8. The van der Waals surface area contributed by atoms with E-state index in [-0.39, 0.29) is 0 Å². The highest BCUT2D eigenvalue weighted by Crippen LogP contribution is 2.48. The van der Waals surface area contributed by atoms with Crippen molar-refractivity contribution in [2.45, 2.75) is 0 Å². The molecule has 0 heterocycles. The minimum absolute atomic E-state index is 2.74. The molecule has 0 aliphatic heterocycles. The third-order valence-corrected chi connectivity index (χ3v) is 4.15. The average molecular weight is 194 g/mol. The maximum absolute atomic E-state index is 10.0. The standard InChI is InChI=1S/H3O6PS2/c1-7(2,6-8)9(3,4)5/h8H,(H,1,2)(H,3,4,5). The predicted octanol–water partition coefficient (Wildman–Crippen LogP) is -0.164. The molecule has 0 radical (unpaired) electrons. The first kappa shape index (κ1) is 9.41. The molecule has 0 rings (SSSR count). The van der Waals surface area contributed by atoms with E-state index in [0.29, 0.717) is 0 Å². The van der Waals surface area contributed by atoms with E-state index in [1.807, 2.05) is 0 Å². The highest BCUT2D eigenvalue weighted by Gasteiger charge is 2.35. The third-order valence-electron chi connectivity index (χ3n) is 0.395. The second-order valence-corrected chi connectivity index (χ2v) is 6.25. The molecule has 0 aliphatic carbocycles. The van der Waals surface area contributed by atoms with E-state index in [4.69, 9.17) is 9.45 Å². The maximum Gasteiger partial charge on any atom is 0.479 e. The van der Waals surface area contributed by atoms with Gasteiger partial charge >= 0.3 is 16.5 Å². The minimum atomic E-state index is -5.04. The van der Waals surface area contributed by atoms with Crippen LogP contribution in [0.5, 0.6) is 0 Å². The number of rotatable bonds is 2. The summed E-state index contributed by atoms with van der Waals surface area (Å²) in [5.41, 5.74) is 0. The molecule has 1 unspecified atom stereocenters. The first-order chi connectivity index (χ1) is 3.81. The first-order valence-corrected chi connectivity index (χ1v) is 5.43. The van der Waals surface area contributed by atoms with Gasteiger partial charge in [-0.25, -0.2) is 8.54 Å². The summed E-state index contributed by atoms with van der Waals surface area (Å²) in [4.78, 5) is 8.08. The SMILES string of the molecule is O=P(O)(OS)S(=O)(=O)O. The first-order valence-electron chi connectivity index (χ1n) is 1.45. The molecule has 0 aliphatic rings. The molecule has 9 heteroatoms. The van der Waals surface area contributed by atoms with Crippen LogP contribution in [0.2, 0.25) is 0 Å². The average Bonchev–Trinajstić information content (AvgIpc) is 1.64. The molecule has 1 atom stereocenters. The molecule has 0 saturated carbocycles. The van der Waals surface area contributed by atoms with Gasteiger partial charge in [0, 0.05) is 0 Å². The molecule has 0 spiro atoms. The van der Waals surface area contributed by atoms with E-state index >= 15 is 0 Å². The summed E-state index contributed by atoms with van der Waals surface area (Å²) in [5, 5.41) is 0. The molecule has 0 bridgehead atoms. The summed E-state index contributed by atoms with van der Waals surface area (Å²) in [7, 11) is -5.04. The van der Waals surface area contributed by atoms with E-state index in [1.54, 1.807) is 0 Å². The van der Waals surface area contributed by atoms with Crippen LogP contribution in [0.1, 0.15) is 0 Å². The smallest absolute Gasteiger partial charge is 0.311 e. The van der Waals surface area contributed by atoms with E-state index in [2.05, 4.69) is 16.9 Å². The Morgan fingerprint density at radius 1 is 1.56 bits per heavy atom. The lowest BCUT2D eigenvalue weighted by molar-refractivity contribution is 0.404. The fourth-order valence-electron chi connectivity index (χ4n) is 0.0421. The Hall–Kier alpha value is 0.410. The van der Waals surface area contributed by atoms with Gasteiger partial charge in [0.05, 0.1) is 0 Å². The quantitative estimate of drug-likeness (QED) is 0.244. The van der Waals surface area contributed by atoms with Crippen LogP contribution in [0.4, 0.5) is 0 Å². The molecule has 0 aromatic rings. The van der Waals surface area contributed by atoms with E-state index < -0.39 is 16.5 Å². The molecule has 56 valence electrons. The van der Waals surface area contributed by atoms with Crippen LogP contribution in [-0.4, -0.2) is 17.9 Å². The number of hydrogen-bond donors (Lipinski definition) is 3. The van der Waals surface area contributed by atoms with Crippen molar-refractivity contribution in [3.05, 3.63) is 0 Å². The van der Waals surface area contributed by atoms with Gasteiger partial charge in [0.25, 0.3) is 0 Å². The van der Waals surface area contributed by atoms with E-state index in [1.165, 1.54) is 0 Å². The van der Waals surface area contributed by atoms with Gasteiger partial charge in [-0.1, -0.05) is 0 Å². The predicted molar refractivity (Wildman–Crippen MR) is 31.4 cm³/mol.